The van der Waals surface area contributed by atoms with Crippen LogP contribution >= 0.6 is 0 Å². The molecule has 1 N–H and O–H groups in total. The molecular formula is C28H25NO3. The Kier molecular flexibility index (Phi) is 5.06. The third-order valence-corrected chi connectivity index (χ3v) is 6.30. The minimum Gasteiger partial charge on any atom is -0.504 e. The molecule has 0 radical (unpaired) electrons. The van der Waals surface area contributed by atoms with Gasteiger partial charge in [0.1, 0.15) is 0 Å². The molecule has 0 aromatic heterocycles. The van der Waals surface area contributed by atoms with E-state index < -0.39 is 0 Å². The summed E-state index contributed by atoms with van der Waals surface area (Å²) in [7, 11) is 1.54. The van der Waals surface area contributed by atoms with Gasteiger partial charge in [-0.15, -0.1) is 0 Å². The largest absolute Gasteiger partial charge is 0.504 e. The highest BCUT2D eigenvalue weighted by atomic mass is 16.5. The van der Waals surface area contributed by atoms with E-state index >= 15 is 0 Å². The summed E-state index contributed by atoms with van der Waals surface area (Å²) in [5, 5.41) is 12.4. The van der Waals surface area contributed by atoms with E-state index in [9.17, 15) is 9.90 Å². The first-order valence-electron chi connectivity index (χ1n) is 10.8. The van der Waals surface area contributed by atoms with Crippen molar-refractivity contribution < 1.29 is 14.6 Å². The normalized spacial score (nSPS) is 15.6. The predicted octanol–water partition coefficient (Wildman–Crippen LogP) is 5.93. The molecule has 0 aliphatic carbocycles. The number of nitrogens with zero attached hydrogens (tertiary/aromatic N) is 1. The lowest BCUT2D eigenvalue weighted by Crippen LogP contribution is -2.36. The summed E-state index contributed by atoms with van der Waals surface area (Å²) in [5.74, 6) is 0.481. The Morgan fingerprint density at radius 2 is 1.84 bits per heavy atom. The van der Waals surface area contributed by atoms with E-state index in [1.54, 1.807) is 6.07 Å². The van der Waals surface area contributed by atoms with E-state index in [4.69, 9.17) is 4.74 Å². The van der Waals surface area contributed by atoms with E-state index in [1.165, 1.54) is 12.7 Å². The number of fused-ring (bicyclic) bond motifs is 3. The highest BCUT2D eigenvalue weighted by molar-refractivity contribution is 6.03. The van der Waals surface area contributed by atoms with Gasteiger partial charge in [-0.2, -0.15) is 0 Å². The monoisotopic (exact) mass is 423 g/mol. The van der Waals surface area contributed by atoms with Crippen LogP contribution in [-0.4, -0.2) is 18.1 Å². The Balaban J connectivity index is 1.68. The first-order valence-corrected chi connectivity index (χ1v) is 10.8. The number of aromatic hydroxyl groups is 1. The zero-order chi connectivity index (χ0) is 22.2. The summed E-state index contributed by atoms with van der Waals surface area (Å²) in [6.45, 7) is 2.61. The van der Waals surface area contributed by atoms with E-state index in [0.29, 0.717) is 18.7 Å². The summed E-state index contributed by atoms with van der Waals surface area (Å²) in [4.78, 5) is 15.3. The van der Waals surface area contributed by atoms with Crippen LogP contribution in [0.4, 0.5) is 5.69 Å². The SMILES string of the molecule is COc1cc(C2CC(=O)N(Cc3cccc(C)c3)c3ccc4ccccc4c32)ccc1O. The zero-order valence-electron chi connectivity index (χ0n) is 18.2. The van der Waals surface area contributed by atoms with Gasteiger partial charge in [-0.3, -0.25) is 4.79 Å². The van der Waals surface area contributed by atoms with Crippen molar-refractivity contribution in [2.24, 2.45) is 0 Å². The summed E-state index contributed by atoms with van der Waals surface area (Å²) >= 11 is 0. The van der Waals surface area contributed by atoms with Crippen molar-refractivity contribution in [2.75, 3.05) is 12.0 Å². The predicted molar refractivity (Wildman–Crippen MR) is 127 cm³/mol. The summed E-state index contributed by atoms with van der Waals surface area (Å²) in [6.07, 6.45) is 0.362. The van der Waals surface area contributed by atoms with Crippen LogP contribution < -0.4 is 9.64 Å². The van der Waals surface area contributed by atoms with Gasteiger partial charge in [0.2, 0.25) is 5.91 Å². The lowest BCUT2D eigenvalue weighted by atomic mass is 9.81. The number of anilines is 1. The number of hydrogen-bond donors (Lipinski definition) is 1. The fourth-order valence-electron chi connectivity index (χ4n) is 4.77. The average Bonchev–Trinajstić information content (AvgIpc) is 2.80. The molecule has 1 aliphatic rings. The molecule has 1 amide bonds. The maximum atomic E-state index is 13.4. The highest BCUT2D eigenvalue weighted by Crippen LogP contribution is 2.45. The Hall–Kier alpha value is -3.79. The van der Waals surface area contributed by atoms with Crippen molar-refractivity contribution in [2.45, 2.75) is 25.8 Å². The second kappa shape index (κ2) is 8.04. The maximum absolute atomic E-state index is 13.4. The topological polar surface area (TPSA) is 49.8 Å². The Morgan fingerprint density at radius 3 is 2.66 bits per heavy atom. The Morgan fingerprint density at radius 1 is 1.00 bits per heavy atom. The third-order valence-electron chi connectivity index (χ3n) is 6.30. The van der Waals surface area contributed by atoms with Gasteiger partial charge < -0.3 is 14.7 Å². The van der Waals surface area contributed by atoms with Crippen molar-refractivity contribution in [3.05, 3.63) is 101 Å². The number of carbonyl (C=O) groups is 1. The number of carbonyl (C=O) groups excluding carboxylic acids is 1. The van der Waals surface area contributed by atoms with Crippen molar-refractivity contribution in [3.63, 3.8) is 0 Å². The molecule has 0 spiro atoms. The first kappa shape index (κ1) is 20.1. The van der Waals surface area contributed by atoms with E-state index in [1.807, 2.05) is 35.2 Å². The highest BCUT2D eigenvalue weighted by Gasteiger charge is 2.34. The minimum absolute atomic E-state index is 0.0892. The molecular weight excluding hydrogens is 398 g/mol. The van der Waals surface area contributed by atoms with E-state index in [2.05, 4.69) is 49.4 Å². The van der Waals surface area contributed by atoms with E-state index in [-0.39, 0.29) is 17.6 Å². The van der Waals surface area contributed by atoms with Crippen LogP contribution in [0.3, 0.4) is 0 Å². The third kappa shape index (κ3) is 3.48. The number of benzene rings is 4. The zero-order valence-corrected chi connectivity index (χ0v) is 18.2. The van der Waals surface area contributed by atoms with Gasteiger partial charge in [0.25, 0.3) is 0 Å². The summed E-state index contributed by atoms with van der Waals surface area (Å²) in [6, 6.07) is 26.1. The number of hydrogen-bond acceptors (Lipinski definition) is 3. The van der Waals surface area contributed by atoms with Crippen molar-refractivity contribution in [1.82, 2.24) is 0 Å². The van der Waals surface area contributed by atoms with Crippen molar-refractivity contribution in [3.8, 4) is 11.5 Å². The molecule has 5 rings (SSSR count). The van der Waals surface area contributed by atoms with Gasteiger partial charge in [-0.1, -0.05) is 66.2 Å². The molecule has 0 fully saturated rings. The lowest BCUT2D eigenvalue weighted by molar-refractivity contribution is -0.119. The number of rotatable bonds is 4. The summed E-state index contributed by atoms with van der Waals surface area (Å²) < 4.78 is 5.34. The number of amides is 1. The van der Waals surface area contributed by atoms with Crippen LogP contribution in [0.25, 0.3) is 10.8 Å². The molecule has 4 nitrogen and oxygen atoms in total. The molecule has 1 unspecified atom stereocenters. The molecule has 32 heavy (non-hydrogen) atoms. The van der Waals surface area contributed by atoms with Crippen LogP contribution in [0, 0.1) is 6.92 Å². The fraction of sp³-hybridized carbons (Fsp3) is 0.179. The number of methoxy groups -OCH3 is 1. The molecule has 0 saturated heterocycles. The minimum atomic E-state index is -0.119. The van der Waals surface area contributed by atoms with Crippen LogP contribution in [0.5, 0.6) is 11.5 Å². The number of ether oxygens (including phenoxy) is 1. The molecule has 4 heteroatoms. The van der Waals surface area contributed by atoms with Crippen molar-refractivity contribution in [1.29, 1.82) is 0 Å². The van der Waals surface area contributed by atoms with Crippen LogP contribution in [0.15, 0.2) is 78.9 Å². The van der Waals surface area contributed by atoms with E-state index in [0.717, 1.165) is 33.2 Å². The Bertz CT molecular complexity index is 1330. The number of aryl methyl sites for hydroxylation is 1. The standard InChI is InChI=1S/C28H25NO3/c1-18-6-5-7-19(14-18)17-29-24-12-10-20-8-3-4-9-22(20)28(24)23(16-27(29)31)21-11-13-25(30)26(15-21)32-2/h3-15,23,30H,16-17H2,1-2H3. The van der Waals surface area contributed by atoms with Crippen LogP contribution in [-0.2, 0) is 11.3 Å². The van der Waals surface area contributed by atoms with Gasteiger partial charge in [-0.05, 0) is 52.6 Å². The molecule has 1 atom stereocenters. The molecule has 0 bridgehead atoms. The quantitative estimate of drug-likeness (QED) is 0.442. The van der Waals surface area contributed by atoms with Gasteiger partial charge in [0.05, 0.1) is 13.7 Å². The fourth-order valence-corrected chi connectivity index (χ4v) is 4.77. The number of phenolic OH excluding ortho intramolecular Hbond substituents is 1. The molecule has 1 aliphatic heterocycles. The molecule has 4 aromatic rings. The molecule has 1 heterocycles. The average molecular weight is 424 g/mol. The number of phenols is 1. The Labute approximate surface area is 187 Å². The van der Waals surface area contributed by atoms with Gasteiger partial charge in [0, 0.05) is 18.0 Å². The van der Waals surface area contributed by atoms with Gasteiger partial charge in [0.15, 0.2) is 11.5 Å². The molecule has 4 aromatic carbocycles. The second-order valence-corrected chi connectivity index (χ2v) is 8.38. The van der Waals surface area contributed by atoms with Crippen molar-refractivity contribution >= 4 is 22.4 Å². The van der Waals surface area contributed by atoms with Crippen LogP contribution in [0.1, 0.15) is 34.6 Å². The summed E-state index contributed by atoms with van der Waals surface area (Å²) in [5.41, 5.74) is 5.34. The molecule has 0 saturated carbocycles. The van der Waals surface area contributed by atoms with Gasteiger partial charge >= 0.3 is 0 Å². The second-order valence-electron chi connectivity index (χ2n) is 8.38. The van der Waals surface area contributed by atoms with Crippen LogP contribution in [0.2, 0.25) is 0 Å². The maximum Gasteiger partial charge on any atom is 0.228 e. The van der Waals surface area contributed by atoms with Gasteiger partial charge in [-0.25, -0.2) is 0 Å². The smallest absolute Gasteiger partial charge is 0.228 e. The lowest BCUT2D eigenvalue weighted by Gasteiger charge is -2.35. The molecule has 160 valence electrons. The first-order chi connectivity index (χ1) is 15.5.